The van der Waals surface area contributed by atoms with Crippen LogP contribution in [0.4, 0.5) is 8.78 Å². The van der Waals surface area contributed by atoms with Crippen molar-refractivity contribution in [1.82, 2.24) is 0 Å². The van der Waals surface area contributed by atoms with Crippen LogP contribution in [0.2, 0.25) is 0 Å². The summed E-state index contributed by atoms with van der Waals surface area (Å²) < 4.78 is 26.1. The fraction of sp³-hybridized carbons (Fsp3) is 0.200. The van der Waals surface area contributed by atoms with Gasteiger partial charge in [0.25, 0.3) is 0 Å². The molecule has 0 aliphatic rings. The maximum atomic E-state index is 13.2. The van der Waals surface area contributed by atoms with Crippen LogP contribution in [-0.4, -0.2) is 11.0 Å². The summed E-state index contributed by atoms with van der Waals surface area (Å²) in [4.78, 5) is 0. The number of alkyl halides is 1. The largest absolute Gasteiger partial charge is 0.384 e. The fourth-order valence-corrected chi connectivity index (χ4v) is 2.19. The standard InChI is InChI=1S/C15H13ClF2O/c16-10-15(19,12-2-1-3-14(18)8-12)9-11-4-6-13(17)7-5-11/h1-8,19H,9-10H2. The maximum absolute atomic E-state index is 13.2. The second-order valence-electron chi connectivity index (χ2n) is 4.48. The number of aliphatic hydroxyl groups is 1. The summed E-state index contributed by atoms with van der Waals surface area (Å²) in [5.74, 6) is -0.850. The Morgan fingerprint density at radius 2 is 1.68 bits per heavy atom. The van der Waals surface area contributed by atoms with Crippen LogP contribution in [0.1, 0.15) is 11.1 Å². The van der Waals surface area contributed by atoms with Gasteiger partial charge in [0.15, 0.2) is 0 Å². The average Bonchev–Trinajstić information content (AvgIpc) is 2.41. The predicted molar refractivity (Wildman–Crippen MR) is 71.1 cm³/mol. The van der Waals surface area contributed by atoms with E-state index in [1.165, 1.54) is 30.3 Å². The predicted octanol–water partition coefficient (Wildman–Crippen LogP) is 3.63. The minimum absolute atomic E-state index is 0.0756. The van der Waals surface area contributed by atoms with Crippen molar-refractivity contribution in [2.75, 3.05) is 5.88 Å². The highest BCUT2D eigenvalue weighted by molar-refractivity contribution is 6.18. The van der Waals surface area contributed by atoms with Gasteiger partial charge in [0.1, 0.15) is 17.2 Å². The molecule has 0 fully saturated rings. The van der Waals surface area contributed by atoms with Crippen molar-refractivity contribution < 1.29 is 13.9 Å². The molecule has 1 atom stereocenters. The molecule has 0 aliphatic heterocycles. The van der Waals surface area contributed by atoms with Crippen molar-refractivity contribution in [3.05, 3.63) is 71.3 Å². The van der Waals surface area contributed by atoms with E-state index in [1.54, 1.807) is 18.2 Å². The topological polar surface area (TPSA) is 20.2 Å². The van der Waals surface area contributed by atoms with Crippen molar-refractivity contribution in [2.45, 2.75) is 12.0 Å². The van der Waals surface area contributed by atoms with Gasteiger partial charge in [-0.25, -0.2) is 8.78 Å². The zero-order chi connectivity index (χ0) is 13.9. The fourth-order valence-electron chi connectivity index (χ4n) is 1.94. The van der Waals surface area contributed by atoms with E-state index >= 15 is 0 Å². The Morgan fingerprint density at radius 3 is 2.26 bits per heavy atom. The van der Waals surface area contributed by atoms with Crippen molar-refractivity contribution in [3.8, 4) is 0 Å². The molecule has 0 saturated heterocycles. The highest BCUT2D eigenvalue weighted by Gasteiger charge is 2.29. The van der Waals surface area contributed by atoms with Gasteiger partial charge in [-0.1, -0.05) is 24.3 Å². The van der Waals surface area contributed by atoms with E-state index < -0.39 is 11.4 Å². The van der Waals surface area contributed by atoms with Gasteiger partial charge in [-0.3, -0.25) is 0 Å². The number of hydrogen-bond donors (Lipinski definition) is 1. The van der Waals surface area contributed by atoms with Gasteiger partial charge in [-0.15, -0.1) is 11.6 Å². The molecule has 0 spiro atoms. The first-order valence-corrected chi connectivity index (χ1v) is 6.36. The third kappa shape index (κ3) is 3.31. The zero-order valence-electron chi connectivity index (χ0n) is 10.1. The molecule has 2 aromatic carbocycles. The molecule has 0 aromatic heterocycles. The molecule has 19 heavy (non-hydrogen) atoms. The SMILES string of the molecule is OC(CCl)(Cc1ccc(F)cc1)c1cccc(F)c1. The molecule has 2 aromatic rings. The normalized spacial score (nSPS) is 14.1. The smallest absolute Gasteiger partial charge is 0.123 e. The van der Waals surface area contributed by atoms with Gasteiger partial charge in [0.05, 0.1) is 5.88 Å². The molecule has 2 rings (SSSR count). The number of benzene rings is 2. The second-order valence-corrected chi connectivity index (χ2v) is 4.75. The Morgan fingerprint density at radius 1 is 1.00 bits per heavy atom. The lowest BCUT2D eigenvalue weighted by molar-refractivity contribution is 0.0611. The Kier molecular flexibility index (Phi) is 4.17. The molecular formula is C15H13ClF2O. The van der Waals surface area contributed by atoms with Crippen molar-refractivity contribution in [1.29, 1.82) is 0 Å². The van der Waals surface area contributed by atoms with E-state index in [-0.39, 0.29) is 18.1 Å². The molecular weight excluding hydrogens is 270 g/mol. The molecule has 0 aliphatic carbocycles. The van der Waals surface area contributed by atoms with Crippen LogP contribution in [0.15, 0.2) is 48.5 Å². The highest BCUT2D eigenvalue weighted by atomic mass is 35.5. The van der Waals surface area contributed by atoms with Crippen molar-refractivity contribution in [2.24, 2.45) is 0 Å². The summed E-state index contributed by atoms with van der Waals surface area (Å²) in [6.45, 7) is 0. The summed E-state index contributed by atoms with van der Waals surface area (Å²) in [7, 11) is 0. The Labute approximate surface area is 115 Å². The quantitative estimate of drug-likeness (QED) is 0.849. The van der Waals surface area contributed by atoms with Gasteiger partial charge in [-0.2, -0.15) is 0 Å². The molecule has 1 unspecified atom stereocenters. The minimum Gasteiger partial charge on any atom is -0.384 e. The average molecular weight is 283 g/mol. The van der Waals surface area contributed by atoms with Crippen LogP contribution >= 0.6 is 11.6 Å². The number of hydrogen-bond acceptors (Lipinski definition) is 1. The van der Waals surface area contributed by atoms with E-state index in [0.717, 1.165) is 5.56 Å². The van der Waals surface area contributed by atoms with Gasteiger partial charge in [0, 0.05) is 6.42 Å². The molecule has 100 valence electrons. The Balaban J connectivity index is 2.30. The summed E-state index contributed by atoms with van der Waals surface area (Å²) in [6, 6.07) is 11.5. The van der Waals surface area contributed by atoms with Crippen molar-refractivity contribution >= 4 is 11.6 Å². The van der Waals surface area contributed by atoms with Crippen molar-refractivity contribution in [3.63, 3.8) is 0 Å². The highest BCUT2D eigenvalue weighted by Crippen LogP contribution is 2.28. The van der Waals surface area contributed by atoms with Crippen LogP contribution in [0.25, 0.3) is 0 Å². The van der Waals surface area contributed by atoms with E-state index in [1.807, 2.05) is 0 Å². The van der Waals surface area contributed by atoms with Crippen LogP contribution in [-0.2, 0) is 12.0 Å². The van der Waals surface area contributed by atoms with Crippen LogP contribution in [0.5, 0.6) is 0 Å². The number of rotatable bonds is 4. The van der Waals surface area contributed by atoms with Gasteiger partial charge in [-0.05, 0) is 35.4 Å². The third-order valence-corrected chi connectivity index (χ3v) is 3.43. The van der Waals surface area contributed by atoms with Crippen LogP contribution in [0.3, 0.4) is 0 Å². The summed E-state index contributed by atoms with van der Waals surface area (Å²) in [5.41, 5.74) is -0.234. The first-order chi connectivity index (χ1) is 9.03. The van der Waals surface area contributed by atoms with E-state index in [4.69, 9.17) is 11.6 Å². The summed E-state index contributed by atoms with van der Waals surface area (Å²) in [5, 5.41) is 10.5. The van der Waals surface area contributed by atoms with Crippen LogP contribution < -0.4 is 0 Å². The molecule has 0 heterocycles. The zero-order valence-corrected chi connectivity index (χ0v) is 10.9. The molecule has 4 heteroatoms. The third-order valence-electron chi connectivity index (χ3n) is 2.99. The molecule has 0 saturated carbocycles. The van der Waals surface area contributed by atoms with Crippen LogP contribution in [0, 0.1) is 11.6 Å². The molecule has 0 amide bonds. The Hall–Kier alpha value is -1.45. The number of halogens is 3. The van der Waals surface area contributed by atoms with Gasteiger partial charge >= 0.3 is 0 Å². The lowest BCUT2D eigenvalue weighted by atomic mass is 9.89. The second kappa shape index (κ2) is 5.68. The summed E-state index contributed by atoms with van der Waals surface area (Å²) >= 11 is 5.83. The van der Waals surface area contributed by atoms with Gasteiger partial charge < -0.3 is 5.11 Å². The van der Waals surface area contributed by atoms with E-state index in [9.17, 15) is 13.9 Å². The molecule has 1 nitrogen and oxygen atoms in total. The van der Waals surface area contributed by atoms with Gasteiger partial charge in [0.2, 0.25) is 0 Å². The molecule has 1 N–H and O–H groups in total. The first-order valence-electron chi connectivity index (χ1n) is 5.82. The minimum atomic E-state index is -1.37. The first kappa shape index (κ1) is 14.0. The molecule has 0 bridgehead atoms. The lowest BCUT2D eigenvalue weighted by Crippen LogP contribution is -2.30. The summed E-state index contributed by atoms with van der Waals surface area (Å²) in [6.07, 6.45) is 0.195. The maximum Gasteiger partial charge on any atom is 0.123 e. The lowest BCUT2D eigenvalue weighted by Gasteiger charge is -2.26. The molecule has 0 radical (unpaired) electrons. The van der Waals surface area contributed by atoms with E-state index in [0.29, 0.717) is 5.56 Å². The Bertz CT molecular complexity index is 556. The monoisotopic (exact) mass is 282 g/mol. The van der Waals surface area contributed by atoms with E-state index in [2.05, 4.69) is 0 Å².